The van der Waals surface area contributed by atoms with Crippen LogP contribution in [0, 0.1) is 11.3 Å². The minimum Gasteiger partial charge on any atom is -0.460 e. The lowest BCUT2D eigenvalue weighted by Gasteiger charge is -2.33. The van der Waals surface area contributed by atoms with E-state index in [0.29, 0.717) is 12.7 Å². The average Bonchev–Trinajstić information content (AvgIpc) is 2.75. The molecule has 3 aromatic carbocycles. The molecule has 1 fully saturated rings. The van der Waals surface area contributed by atoms with E-state index in [2.05, 4.69) is 60.7 Å². The summed E-state index contributed by atoms with van der Waals surface area (Å²) in [5.74, 6) is -0.288. The molecule has 2 atom stereocenters. The molecular weight excluding hydrogens is 413 g/mol. The Morgan fingerprint density at radius 2 is 1.67 bits per heavy atom. The zero-order valence-electron chi connectivity index (χ0n) is 19.5. The standard InChI is InChI=1S/C27H30BNO4/c1-27(2,3)31-26(30)18-22-17-21(13-15-29)32-28(33-22)14-12-25-23-10-6-4-8-19(23)16-20-9-5-7-11-24(20)25/h4-11,16,21-22H,12-14,17-18H2,1-3H3/t21-,22-/m1/s1. The van der Waals surface area contributed by atoms with E-state index in [1.807, 2.05) is 20.8 Å². The molecule has 0 spiro atoms. The highest BCUT2D eigenvalue weighted by Crippen LogP contribution is 2.31. The van der Waals surface area contributed by atoms with Crippen LogP contribution in [0.25, 0.3) is 21.5 Å². The third-order valence-electron chi connectivity index (χ3n) is 5.86. The van der Waals surface area contributed by atoms with Crippen LogP contribution in [-0.2, 0) is 25.3 Å². The van der Waals surface area contributed by atoms with E-state index >= 15 is 0 Å². The smallest absolute Gasteiger partial charge is 0.457 e. The van der Waals surface area contributed by atoms with Crippen LogP contribution >= 0.6 is 0 Å². The zero-order valence-corrected chi connectivity index (χ0v) is 19.5. The van der Waals surface area contributed by atoms with Crippen LogP contribution in [0.4, 0.5) is 0 Å². The van der Waals surface area contributed by atoms with Gasteiger partial charge in [0.1, 0.15) is 5.60 Å². The number of hydrogen-bond acceptors (Lipinski definition) is 5. The fourth-order valence-corrected chi connectivity index (χ4v) is 4.58. The van der Waals surface area contributed by atoms with E-state index < -0.39 is 12.7 Å². The van der Waals surface area contributed by atoms with E-state index in [1.165, 1.54) is 27.1 Å². The first kappa shape index (κ1) is 23.3. The summed E-state index contributed by atoms with van der Waals surface area (Å²) in [4.78, 5) is 12.4. The number of hydrogen-bond donors (Lipinski definition) is 0. The predicted molar refractivity (Wildman–Crippen MR) is 131 cm³/mol. The minimum absolute atomic E-state index is 0.163. The van der Waals surface area contributed by atoms with Crippen LogP contribution in [0.2, 0.25) is 6.32 Å². The van der Waals surface area contributed by atoms with Gasteiger partial charge in [-0.1, -0.05) is 48.5 Å². The highest BCUT2D eigenvalue weighted by molar-refractivity contribution is 6.44. The molecule has 3 aromatic rings. The third-order valence-corrected chi connectivity index (χ3v) is 5.86. The number of aryl methyl sites for hydroxylation is 1. The van der Waals surface area contributed by atoms with Crippen LogP contribution in [-0.4, -0.2) is 30.9 Å². The van der Waals surface area contributed by atoms with Gasteiger partial charge in [-0.2, -0.15) is 5.26 Å². The highest BCUT2D eigenvalue weighted by Gasteiger charge is 2.35. The topological polar surface area (TPSA) is 68.6 Å². The second kappa shape index (κ2) is 9.95. The first-order valence-electron chi connectivity index (χ1n) is 11.6. The van der Waals surface area contributed by atoms with E-state index in [4.69, 9.17) is 14.0 Å². The van der Waals surface area contributed by atoms with Gasteiger partial charge in [0.15, 0.2) is 0 Å². The Balaban J connectivity index is 1.52. The molecule has 1 heterocycles. The van der Waals surface area contributed by atoms with Crippen LogP contribution in [0.1, 0.15) is 45.6 Å². The number of ether oxygens (including phenoxy) is 1. The van der Waals surface area contributed by atoms with Crippen molar-refractivity contribution in [1.29, 1.82) is 5.26 Å². The zero-order chi connectivity index (χ0) is 23.4. The Morgan fingerprint density at radius 3 is 2.27 bits per heavy atom. The Hall–Kier alpha value is -2.88. The SMILES string of the molecule is CC(C)(C)OC(=O)C[C@H]1C[C@@H](CC#N)OB(CCc2c3ccccc3cc3ccccc23)O1. The molecule has 0 unspecified atom stereocenters. The summed E-state index contributed by atoms with van der Waals surface area (Å²) >= 11 is 0. The Labute approximate surface area is 195 Å². The van der Waals surface area contributed by atoms with Gasteiger partial charge in [-0.05, 0) is 73.1 Å². The summed E-state index contributed by atoms with van der Waals surface area (Å²) in [6.07, 6.45) is 1.81. The molecule has 0 aromatic heterocycles. The van der Waals surface area contributed by atoms with Gasteiger partial charge in [0.25, 0.3) is 0 Å². The maximum Gasteiger partial charge on any atom is 0.457 e. The lowest BCUT2D eigenvalue weighted by atomic mass is 9.77. The molecule has 1 saturated heterocycles. The van der Waals surface area contributed by atoms with Gasteiger partial charge in [-0.25, -0.2) is 0 Å². The highest BCUT2D eigenvalue weighted by atomic mass is 16.6. The number of carbonyl (C=O) groups excluding carboxylic acids is 1. The van der Waals surface area contributed by atoms with Crippen molar-refractivity contribution in [1.82, 2.24) is 0 Å². The Kier molecular flexibility index (Phi) is 7.02. The van der Waals surface area contributed by atoms with E-state index in [0.717, 1.165) is 6.42 Å². The molecule has 0 amide bonds. The van der Waals surface area contributed by atoms with Gasteiger partial charge in [0, 0.05) is 0 Å². The summed E-state index contributed by atoms with van der Waals surface area (Å²) < 4.78 is 17.7. The molecule has 4 rings (SSSR count). The van der Waals surface area contributed by atoms with E-state index in [9.17, 15) is 10.1 Å². The predicted octanol–water partition coefficient (Wildman–Crippen LogP) is 5.84. The molecule has 0 aliphatic carbocycles. The number of fused-ring (bicyclic) bond motifs is 2. The molecule has 0 bridgehead atoms. The summed E-state index contributed by atoms with van der Waals surface area (Å²) in [5.41, 5.74) is 0.727. The van der Waals surface area contributed by atoms with Gasteiger partial charge in [0.2, 0.25) is 0 Å². The van der Waals surface area contributed by atoms with Crippen molar-refractivity contribution >= 4 is 34.6 Å². The molecule has 5 nitrogen and oxygen atoms in total. The number of benzene rings is 3. The van der Waals surface area contributed by atoms with Gasteiger partial charge < -0.3 is 14.0 Å². The van der Waals surface area contributed by atoms with Crippen molar-refractivity contribution < 1.29 is 18.8 Å². The van der Waals surface area contributed by atoms with Crippen molar-refractivity contribution in [2.24, 2.45) is 0 Å². The van der Waals surface area contributed by atoms with Crippen LogP contribution < -0.4 is 0 Å². The van der Waals surface area contributed by atoms with Crippen LogP contribution in [0.3, 0.4) is 0 Å². The molecule has 0 N–H and O–H groups in total. The molecule has 0 saturated carbocycles. The Morgan fingerprint density at radius 1 is 1.06 bits per heavy atom. The quantitative estimate of drug-likeness (QED) is 0.272. The minimum atomic E-state index is -0.539. The second-order valence-electron chi connectivity index (χ2n) is 9.67. The van der Waals surface area contributed by atoms with Gasteiger partial charge >= 0.3 is 13.1 Å². The summed E-state index contributed by atoms with van der Waals surface area (Å²) in [5, 5.41) is 14.1. The average molecular weight is 443 g/mol. The lowest BCUT2D eigenvalue weighted by molar-refractivity contribution is -0.157. The summed E-state index contributed by atoms with van der Waals surface area (Å²) in [6, 6.07) is 21.2. The van der Waals surface area contributed by atoms with Crippen LogP contribution in [0.5, 0.6) is 0 Å². The number of nitriles is 1. The van der Waals surface area contributed by atoms with E-state index in [1.54, 1.807) is 0 Å². The summed E-state index contributed by atoms with van der Waals surface area (Å²) in [6.45, 7) is 5.56. The van der Waals surface area contributed by atoms with Crippen molar-refractivity contribution in [2.45, 2.75) is 70.6 Å². The molecule has 33 heavy (non-hydrogen) atoms. The largest absolute Gasteiger partial charge is 0.460 e. The molecule has 6 heteroatoms. The number of carbonyl (C=O) groups is 1. The maximum atomic E-state index is 12.4. The Bertz CT molecular complexity index is 1130. The van der Waals surface area contributed by atoms with Crippen molar-refractivity contribution in [2.75, 3.05) is 0 Å². The maximum absolute atomic E-state index is 12.4. The number of rotatable bonds is 6. The number of esters is 1. The number of nitrogens with zero attached hydrogens (tertiary/aromatic N) is 1. The normalized spacial score (nSPS) is 18.9. The second-order valence-corrected chi connectivity index (χ2v) is 9.67. The van der Waals surface area contributed by atoms with Gasteiger partial charge in [0.05, 0.1) is 31.1 Å². The molecule has 170 valence electrons. The van der Waals surface area contributed by atoms with Crippen molar-refractivity contribution in [3.8, 4) is 6.07 Å². The molecule has 0 radical (unpaired) electrons. The molecular formula is C27H30BNO4. The van der Waals surface area contributed by atoms with Crippen LogP contribution in [0.15, 0.2) is 54.6 Å². The molecule has 1 aliphatic heterocycles. The molecule has 1 aliphatic rings. The monoisotopic (exact) mass is 443 g/mol. The van der Waals surface area contributed by atoms with Crippen molar-refractivity contribution in [3.63, 3.8) is 0 Å². The van der Waals surface area contributed by atoms with Crippen molar-refractivity contribution in [3.05, 3.63) is 60.2 Å². The van der Waals surface area contributed by atoms with Gasteiger partial charge in [-0.3, -0.25) is 4.79 Å². The van der Waals surface area contributed by atoms with E-state index in [-0.39, 0.29) is 31.0 Å². The lowest BCUT2D eigenvalue weighted by Crippen LogP contribution is -2.43. The first-order valence-corrected chi connectivity index (χ1v) is 11.6. The fraction of sp³-hybridized carbons (Fsp3) is 0.407. The third kappa shape index (κ3) is 5.93. The fourth-order valence-electron chi connectivity index (χ4n) is 4.58. The first-order chi connectivity index (χ1) is 15.8. The summed E-state index contributed by atoms with van der Waals surface area (Å²) in [7, 11) is -0.470. The van der Waals surface area contributed by atoms with Gasteiger partial charge in [-0.15, -0.1) is 0 Å².